The molecule has 18 heavy (non-hydrogen) atoms. The summed E-state index contributed by atoms with van der Waals surface area (Å²) in [5, 5.41) is 3.41. The summed E-state index contributed by atoms with van der Waals surface area (Å²) in [7, 11) is 2.08. The minimum atomic E-state index is 0.400. The van der Waals surface area contributed by atoms with Gasteiger partial charge in [0.15, 0.2) is 0 Å². The Bertz CT molecular complexity index is 247. The number of piperidine rings is 1. The van der Waals surface area contributed by atoms with Gasteiger partial charge in [-0.1, -0.05) is 0 Å². The maximum Gasteiger partial charge on any atom is 0.0829 e. The molecular formula is C14H29N3O. The topological polar surface area (TPSA) is 27.7 Å². The highest BCUT2D eigenvalue weighted by molar-refractivity contribution is 4.82. The molecule has 0 spiro atoms. The molecule has 4 nitrogen and oxygen atoms in total. The predicted molar refractivity (Wildman–Crippen MR) is 75.0 cm³/mol. The summed E-state index contributed by atoms with van der Waals surface area (Å²) in [5.41, 5.74) is 0. The Hall–Kier alpha value is -0.160. The lowest BCUT2D eigenvalue weighted by Gasteiger charge is -2.39. The maximum atomic E-state index is 5.93. The smallest absolute Gasteiger partial charge is 0.0829 e. The fraction of sp³-hybridized carbons (Fsp3) is 1.00. The highest BCUT2D eigenvalue weighted by Gasteiger charge is 2.26. The van der Waals surface area contributed by atoms with Gasteiger partial charge in [0.05, 0.1) is 12.7 Å². The van der Waals surface area contributed by atoms with Gasteiger partial charge in [-0.2, -0.15) is 0 Å². The zero-order valence-corrected chi connectivity index (χ0v) is 12.2. The van der Waals surface area contributed by atoms with E-state index in [1.54, 1.807) is 0 Å². The average Bonchev–Trinajstić information content (AvgIpc) is 2.39. The standard InChI is InChI=1S/C14H29N3O/c1-12(2)17-7-8-18-14(11-17)10-16-6-4-5-13(9-16)15-3/h12-15H,4-11H2,1-3H3. The molecule has 2 heterocycles. The number of nitrogens with one attached hydrogen (secondary N) is 1. The van der Waals surface area contributed by atoms with E-state index in [-0.39, 0.29) is 0 Å². The first-order chi connectivity index (χ1) is 8.69. The van der Waals surface area contributed by atoms with E-state index in [4.69, 9.17) is 4.74 Å². The van der Waals surface area contributed by atoms with Gasteiger partial charge >= 0.3 is 0 Å². The Morgan fingerprint density at radius 3 is 2.83 bits per heavy atom. The van der Waals surface area contributed by atoms with Crippen LogP contribution in [0.25, 0.3) is 0 Å². The van der Waals surface area contributed by atoms with Crippen molar-refractivity contribution in [3.63, 3.8) is 0 Å². The molecule has 0 aromatic carbocycles. The first-order valence-corrected chi connectivity index (χ1v) is 7.44. The molecule has 106 valence electrons. The monoisotopic (exact) mass is 255 g/mol. The second-order valence-corrected chi connectivity index (χ2v) is 5.97. The van der Waals surface area contributed by atoms with Crippen molar-refractivity contribution < 1.29 is 4.74 Å². The summed E-state index contributed by atoms with van der Waals surface area (Å²) >= 11 is 0. The molecular weight excluding hydrogens is 226 g/mol. The van der Waals surface area contributed by atoms with Crippen molar-refractivity contribution in [2.24, 2.45) is 0 Å². The van der Waals surface area contributed by atoms with Crippen LogP contribution in [0.5, 0.6) is 0 Å². The number of likely N-dealkylation sites (tertiary alicyclic amines) is 1. The maximum absolute atomic E-state index is 5.93. The molecule has 1 N–H and O–H groups in total. The van der Waals surface area contributed by atoms with E-state index in [9.17, 15) is 0 Å². The minimum Gasteiger partial charge on any atom is -0.374 e. The molecule has 2 aliphatic heterocycles. The normalized spacial score (nSPS) is 32.0. The second kappa shape index (κ2) is 6.85. The number of nitrogens with zero attached hydrogens (tertiary/aromatic N) is 2. The third-order valence-corrected chi connectivity index (χ3v) is 4.28. The van der Waals surface area contributed by atoms with Gasteiger partial charge in [-0.15, -0.1) is 0 Å². The van der Waals surface area contributed by atoms with E-state index >= 15 is 0 Å². The number of rotatable bonds is 4. The zero-order valence-electron chi connectivity index (χ0n) is 12.2. The van der Waals surface area contributed by atoms with Crippen molar-refractivity contribution in [1.29, 1.82) is 0 Å². The van der Waals surface area contributed by atoms with Crippen molar-refractivity contribution in [1.82, 2.24) is 15.1 Å². The fourth-order valence-corrected chi connectivity index (χ4v) is 3.07. The molecule has 0 aromatic rings. The van der Waals surface area contributed by atoms with Crippen molar-refractivity contribution in [3.05, 3.63) is 0 Å². The molecule has 0 aromatic heterocycles. The molecule has 0 bridgehead atoms. The Balaban J connectivity index is 1.78. The minimum absolute atomic E-state index is 0.400. The van der Waals surface area contributed by atoms with Gasteiger partial charge in [-0.05, 0) is 40.3 Å². The number of morpholine rings is 1. The quantitative estimate of drug-likeness (QED) is 0.803. The van der Waals surface area contributed by atoms with E-state index < -0.39 is 0 Å². The van der Waals surface area contributed by atoms with Crippen LogP contribution in [0.3, 0.4) is 0 Å². The van der Waals surface area contributed by atoms with Gasteiger partial charge in [0.2, 0.25) is 0 Å². The summed E-state index contributed by atoms with van der Waals surface area (Å²) in [6.45, 7) is 11.2. The summed E-state index contributed by atoms with van der Waals surface area (Å²) < 4.78 is 5.93. The number of ether oxygens (including phenoxy) is 1. The zero-order chi connectivity index (χ0) is 13.0. The SMILES string of the molecule is CNC1CCCN(CC2CN(C(C)C)CCO2)C1. The van der Waals surface area contributed by atoms with Gasteiger partial charge in [0.25, 0.3) is 0 Å². The Labute approximate surface area is 112 Å². The van der Waals surface area contributed by atoms with Crippen LogP contribution < -0.4 is 5.32 Å². The molecule has 2 fully saturated rings. The predicted octanol–water partition coefficient (Wildman–Crippen LogP) is 0.779. The van der Waals surface area contributed by atoms with Crippen molar-refractivity contribution in [2.45, 2.75) is 44.9 Å². The van der Waals surface area contributed by atoms with Crippen molar-refractivity contribution in [2.75, 3.05) is 46.4 Å². The Morgan fingerprint density at radius 2 is 2.11 bits per heavy atom. The molecule has 4 heteroatoms. The van der Waals surface area contributed by atoms with E-state index in [2.05, 4.69) is 36.0 Å². The third kappa shape index (κ3) is 3.92. The lowest BCUT2D eigenvalue weighted by atomic mass is 10.1. The first kappa shape index (κ1) is 14.3. The molecule has 2 atom stereocenters. The highest BCUT2D eigenvalue weighted by Crippen LogP contribution is 2.14. The molecule has 0 saturated carbocycles. The largest absolute Gasteiger partial charge is 0.374 e. The summed E-state index contributed by atoms with van der Waals surface area (Å²) in [4.78, 5) is 5.10. The van der Waals surface area contributed by atoms with Crippen LogP contribution in [-0.4, -0.2) is 74.4 Å². The van der Waals surface area contributed by atoms with Gasteiger partial charge in [0.1, 0.15) is 0 Å². The van der Waals surface area contributed by atoms with E-state index in [0.717, 1.165) is 26.2 Å². The van der Waals surface area contributed by atoms with Crippen LogP contribution in [-0.2, 0) is 4.74 Å². The molecule has 2 aliphatic rings. The molecule has 2 saturated heterocycles. The van der Waals surface area contributed by atoms with Gasteiger partial charge in [-0.25, -0.2) is 0 Å². The highest BCUT2D eigenvalue weighted by atomic mass is 16.5. The van der Waals surface area contributed by atoms with E-state index in [1.807, 2.05) is 0 Å². The van der Waals surface area contributed by atoms with Gasteiger partial charge in [0, 0.05) is 38.3 Å². The Kier molecular flexibility index (Phi) is 5.42. The van der Waals surface area contributed by atoms with Crippen LogP contribution in [0.2, 0.25) is 0 Å². The average molecular weight is 255 g/mol. The molecule has 0 amide bonds. The molecule has 0 aliphatic carbocycles. The van der Waals surface area contributed by atoms with Crippen LogP contribution in [0.4, 0.5) is 0 Å². The van der Waals surface area contributed by atoms with Crippen LogP contribution in [0, 0.1) is 0 Å². The summed E-state index contributed by atoms with van der Waals surface area (Å²) in [5.74, 6) is 0. The lowest BCUT2D eigenvalue weighted by molar-refractivity contribution is -0.0548. The molecule has 2 rings (SSSR count). The van der Waals surface area contributed by atoms with E-state index in [1.165, 1.54) is 25.9 Å². The number of hydrogen-bond donors (Lipinski definition) is 1. The number of likely N-dealkylation sites (N-methyl/N-ethyl adjacent to an activating group) is 1. The van der Waals surface area contributed by atoms with Crippen LogP contribution >= 0.6 is 0 Å². The first-order valence-electron chi connectivity index (χ1n) is 7.44. The van der Waals surface area contributed by atoms with E-state index in [0.29, 0.717) is 18.2 Å². The third-order valence-electron chi connectivity index (χ3n) is 4.28. The summed E-state index contributed by atoms with van der Waals surface area (Å²) in [6.07, 6.45) is 3.03. The number of hydrogen-bond acceptors (Lipinski definition) is 4. The van der Waals surface area contributed by atoms with Crippen LogP contribution in [0.1, 0.15) is 26.7 Å². The molecule has 2 unspecified atom stereocenters. The van der Waals surface area contributed by atoms with Crippen LogP contribution in [0.15, 0.2) is 0 Å². The van der Waals surface area contributed by atoms with Crippen molar-refractivity contribution >= 4 is 0 Å². The van der Waals surface area contributed by atoms with Gasteiger partial charge < -0.3 is 10.1 Å². The summed E-state index contributed by atoms with van der Waals surface area (Å²) in [6, 6.07) is 1.31. The Morgan fingerprint density at radius 1 is 1.28 bits per heavy atom. The lowest BCUT2D eigenvalue weighted by Crippen LogP contribution is -2.52. The van der Waals surface area contributed by atoms with Crippen molar-refractivity contribution in [3.8, 4) is 0 Å². The fourth-order valence-electron chi connectivity index (χ4n) is 3.07. The molecule has 0 radical (unpaired) electrons. The second-order valence-electron chi connectivity index (χ2n) is 5.97. The van der Waals surface area contributed by atoms with Gasteiger partial charge in [-0.3, -0.25) is 9.80 Å².